The maximum absolute atomic E-state index is 12.6. The lowest BCUT2D eigenvalue weighted by Gasteiger charge is -2.19. The molecule has 4 N–H and O–H groups in total. The van der Waals surface area contributed by atoms with E-state index in [0.29, 0.717) is 0 Å². The van der Waals surface area contributed by atoms with Gasteiger partial charge in [0.25, 0.3) is 0 Å². The molecule has 0 spiro atoms. The molecule has 1 aliphatic rings. The van der Waals surface area contributed by atoms with E-state index in [-0.39, 0.29) is 6.54 Å². The molecule has 5 heteroatoms. The summed E-state index contributed by atoms with van der Waals surface area (Å²) in [5.74, 6) is 0. The van der Waals surface area contributed by atoms with Gasteiger partial charge in [-0.1, -0.05) is 0 Å². The van der Waals surface area contributed by atoms with Crippen molar-refractivity contribution < 1.29 is 19.7 Å². The largest absolute Gasteiger partial charge is 0.394 e. The van der Waals surface area contributed by atoms with Crippen LogP contribution in [0.15, 0.2) is 0 Å². The zero-order chi connectivity index (χ0) is 8.43. The van der Waals surface area contributed by atoms with Gasteiger partial charge in [-0.15, -0.1) is 0 Å². The Labute approximate surface area is 63.7 Å². The van der Waals surface area contributed by atoms with E-state index in [4.69, 9.17) is 15.3 Å². The van der Waals surface area contributed by atoms with Crippen LogP contribution in [0.4, 0.5) is 4.39 Å². The number of rotatable bonds is 2. The van der Waals surface area contributed by atoms with Crippen LogP contribution in [0.3, 0.4) is 0 Å². The van der Waals surface area contributed by atoms with Gasteiger partial charge in [-0.3, -0.25) is 0 Å². The number of hydrogen-bond acceptors (Lipinski definition) is 4. The molecule has 1 rings (SSSR count). The average Bonchev–Trinajstić information content (AvgIpc) is 2.32. The summed E-state index contributed by atoms with van der Waals surface area (Å²) in [6.07, 6.45) is -3.65. The highest BCUT2D eigenvalue weighted by atomic mass is 19.1. The first-order valence-electron chi connectivity index (χ1n) is 3.51. The minimum atomic E-state index is -1.35. The maximum Gasteiger partial charge on any atom is 0.140 e. The van der Waals surface area contributed by atoms with Crippen LogP contribution in [-0.2, 0) is 0 Å². The fourth-order valence-corrected chi connectivity index (χ4v) is 1.19. The third-order valence-electron chi connectivity index (χ3n) is 1.89. The first-order chi connectivity index (χ1) is 5.16. The minimum absolute atomic E-state index is 0.0306. The number of aliphatic hydroxyl groups excluding tert-OH is 3. The van der Waals surface area contributed by atoms with Crippen molar-refractivity contribution >= 4 is 0 Å². The van der Waals surface area contributed by atoms with E-state index >= 15 is 0 Å². The monoisotopic (exact) mass is 165 g/mol. The molecule has 0 radical (unpaired) electrons. The SMILES string of the molecule is OCC(O)C1NCC(F)C1O. The molecule has 4 atom stereocenters. The molecule has 0 aromatic carbocycles. The molecule has 66 valence electrons. The second-order valence-corrected chi connectivity index (χ2v) is 2.69. The summed E-state index contributed by atoms with van der Waals surface area (Å²) in [6.45, 7) is -0.440. The van der Waals surface area contributed by atoms with Gasteiger partial charge in [0, 0.05) is 6.54 Å². The Morgan fingerprint density at radius 2 is 2.27 bits per heavy atom. The fourth-order valence-electron chi connectivity index (χ4n) is 1.19. The van der Waals surface area contributed by atoms with Crippen molar-refractivity contribution in [2.45, 2.75) is 24.4 Å². The molecule has 0 saturated carbocycles. The second kappa shape index (κ2) is 3.44. The topological polar surface area (TPSA) is 72.7 Å². The van der Waals surface area contributed by atoms with Gasteiger partial charge in [0.15, 0.2) is 0 Å². The first-order valence-corrected chi connectivity index (χ1v) is 3.51. The molecule has 1 heterocycles. The number of halogens is 1. The number of nitrogens with one attached hydrogen (secondary N) is 1. The van der Waals surface area contributed by atoms with Crippen LogP contribution in [0.2, 0.25) is 0 Å². The molecule has 1 fully saturated rings. The molecule has 0 aromatic rings. The summed E-state index contributed by atoms with van der Waals surface area (Å²) in [7, 11) is 0. The molecule has 0 aliphatic carbocycles. The Bertz CT molecular complexity index is 135. The molecule has 1 aliphatic heterocycles. The zero-order valence-corrected chi connectivity index (χ0v) is 5.94. The standard InChI is InChI=1S/C6H12FNO3/c7-3-1-8-5(6(3)11)4(10)2-9/h3-6,8-11H,1-2H2. The van der Waals surface area contributed by atoms with E-state index in [2.05, 4.69) is 5.32 Å². The van der Waals surface area contributed by atoms with E-state index in [1.807, 2.05) is 0 Å². The third kappa shape index (κ3) is 1.67. The third-order valence-corrected chi connectivity index (χ3v) is 1.89. The predicted molar refractivity (Wildman–Crippen MR) is 35.8 cm³/mol. The van der Waals surface area contributed by atoms with Gasteiger partial charge in [-0.05, 0) is 0 Å². The lowest BCUT2D eigenvalue weighted by atomic mass is 10.1. The van der Waals surface area contributed by atoms with E-state index < -0.39 is 31.0 Å². The highest BCUT2D eigenvalue weighted by molar-refractivity contribution is 4.94. The quantitative estimate of drug-likeness (QED) is 0.382. The lowest BCUT2D eigenvalue weighted by molar-refractivity contribution is 0.00897. The van der Waals surface area contributed by atoms with E-state index in [1.165, 1.54) is 0 Å². The van der Waals surface area contributed by atoms with Crippen molar-refractivity contribution in [2.24, 2.45) is 0 Å². The van der Waals surface area contributed by atoms with Gasteiger partial charge < -0.3 is 20.6 Å². The van der Waals surface area contributed by atoms with Gasteiger partial charge in [0.2, 0.25) is 0 Å². The summed E-state index contributed by atoms with van der Waals surface area (Å²) >= 11 is 0. The van der Waals surface area contributed by atoms with Crippen molar-refractivity contribution in [1.29, 1.82) is 0 Å². The number of alkyl halides is 1. The maximum atomic E-state index is 12.6. The Balaban J connectivity index is 2.47. The van der Waals surface area contributed by atoms with Crippen LogP contribution in [0, 0.1) is 0 Å². The summed E-state index contributed by atoms with van der Waals surface area (Å²) in [5, 5.41) is 29.1. The van der Waals surface area contributed by atoms with Gasteiger partial charge in [-0.2, -0.15) is 0 Å². The lowest BCUT2D eigenvalue weighted by Crippen LogP contribution is -2.44. The van der Waals surface area contributed by atoms with Crippen LogP contribution in [0.5, 0.6) is 0 Å². The molecule has 4 nitrogen and oxygen atoms in total. The molecule has 0 aromatic heterocycles. The van der Waals surface area contributed by atoms with Crippen molar-refractivity contribution in [3.63, 3.8) is 0 Å². The van der Waals surface area contributed by atoms with E-state index in [0.717, 1.165) is 0 Å². The van der Waals surface area contributed by atoms with Gasteiger partial charge in [-0.25, -0.2) is 4.39 Å². The zero-order valence-electron chi connectivity index (χ0n) is 5.94. The molecular weight excluding hydrogens is 153 g/mol. The average molecular weight is 165 g/mol. The smallest absolute Gasteiger partial charge is 0.140 e. The van der Waals surface area contributed by atoms with Crippen molar-refractivity contribution in [3.8, 4) is 0 Å². The van der Waals surface area contributed by atoms with Gasteiger partial charge in [0.1, 0.15) is 12.3 Å². The molecule has 11 heavy (non-hydrogen) atoms. The minimum Gasteiger partial charge on any atom is -0.394 e. The Kier molecular flexibility index (Phi) is 2.78. The Morgan fingerprint density at radius 3 is 2.64 bits per heavy atom. The highest BCUT2D eigenvalue weighted by Gasteiger charge is 2.38. The van der Waals surface area contributed by atoms with E-state index in [9.17, 15) is 4.39 Å². The predicted octanol–water partition coefficient (Wildman–Crippen LogP) is -1.99. The molecule has 0 amide bonds. The highest BCUT2D eigenvalue weighted by Crippen LogP contribution is 2.13. The summed E-state index contributed by atoms with van der Waals surface area (Å²) < 4.78 is 12.6. The summed E-state index contributed by atoms with van der Waals surface area (Å²) in [6, 6.07) is -0.741. The fraction of sp³-hybridized carbons (Fsp3) is 1.00. The molecule has 0 bridgehead atoms. The van der Waals surface area contributed by atoms with E-state index in [1.54, 1.807) is 0 Å². The molecule has 1 saturated heterocycles. The Hall–Kier alpha value is -0.230. The summed E-state index contributed by atoms with van der Waals surface area (Å²) in [5.41, 5.74) is 0. The van der Waals surface area contributed by atoms with Crippen LogP contribution >= 0.6 is 0 Å². The van der Waals surface area contributed by atoms with Gasteiger partial charge >= 0.3 is 0 Å². The van der Waals surface area contributed by atoms with Crippen molar-refractivity contribution in [3.05, 3.63) is 0 Å². The van der Waals surface area contributed by atoms with Crippen molar-refractivity contribution in [1.82, 2.24) is 5.32 Å². The number of hydrogen-bond donors (Lipinski definition) is 4. The molecule has 4 unspecified atom stereocenters. The second-order valence-electron chi connectivity index (χ2n) is 2.69. The van der Waals surface area contributed by atoms with Crippen molar-refractivity contribution in [2.75, 3.05) is 13.2 Å². The summed E-state index contributed by atoms with van der Waals surface area (Å²) in [4.78, 5) is 0. The first kappa shape index (κ1) is 8.86. The normalized spacial score (nSPS) is 40.9. The number of aliphatic hydroxyl groups is 3. The van der Waals surface area contributed by atoms with Crippen LogP contribution in [0.25, 0.3) is 0 Å². The van der Waals surface area contributed by atoms with Crippen LogP contribution < -0.4 is 5.32 Å². The molecular formula is C6H12FNO3. The Morgan fingerprint density at radius 1 is 1.64 bits per heavy atom. The van der Waals surface area contributed by atoms with Gasteiger partial charge in [0.05, 0.1) is 18.8 Å². The van der Waals surface area contributed by atoms with Crippen LogP contribution in [-0.4, -0.2) is 52.9 Å². The van der Waals surface area contributed by atoms with Crippen LogP contribution in [0.1, 0.15) is 0 Å².